The van der Waals surface area contributed by atoms with Crippen LogP contribution in [0.1, 0.15) is 406 Å². The zero-order valence-corrected chi connectivity index (χ0v) is 71.3. The maximum absolute atomic E-state index is 13.6. The van der Waals surface area contributed by atoms with Crippen LogP contribution in [0.15, 0.2) is 12.2 Å². The van der Waals surface area contributed by atoms with Gasteiger partial charge in [0.05, 0.1) is 50.7 Å². The van der Waals surface area contributed by atoms with Crippen LogP contribution in [-0.4, -0.2) is 215 Å². The number of aliphatic hydroxyl groups is 11. The van der Waals surface area contributed by atoms with Gasteiger partial charge >= 0.3 is 5.97 Å². The molecule has 0 aromatic carbocycles. The molecule has 3 aliphatic rings. The van der Waals surface area contributed by atoms with Gasteiger partial charge in [-0.1, -0.05) is 379 Å². The van der Waals surface area contributed by atoms with Crippen LogP contribution < -0.4 is 10.6 Å². The van der Waals surface area contributed by atoms with Gasteiger partial charge in [-0.3, -0.25) is 9.59 Å². The number of rotatable bonds is 76. The van der Waals surface area contributed by atoms with E-state index in [0.717, 1.165) is 51.9 Å². The van der Waals surface area contributed by atoms with Crippen LogP contribution in [-0.2, 0) is 42.8 Å². The van der Waals surface area contributed by atoms with Crippen molar-refractivity contribution in [3.63, 3.8) is 0 Å². The molecule has 0 bridgehead atoms. The smallest absolute Gasteiger partial charge is 0.364 e. The Hall–Kier alpha value is -2.53. The third kappa shape index (κ3) is 46.7. The largest absolute Gasteiger partial charge is 0.477 e. The minimum absolute atomic E-state index is 0.206. The number of hydrogen-bond acceptors (Lipinski definition) is 20. The molecule has 0 aliphatic carbocycles. The van der Waals surface area contributed by atoms with Crippen LogP contribution in [0.25, 0.3) is 0 Å². The van der Waals surface area contributed by atoms with Crippen molar-refractivity contribution in [1.82, 2.24) is 10.6 Å². The highest BCUT2D eigenvalue weighted by molar-refractivity contribution is 5.77. The van der Waals surface area contributed by atoms with Gasteiger partial charge in [0.25, 0.3) is 5.79 Å². The molecular formula is C90H170N2O21. The van der Waals surface area contributed by atoms with Crippen molar-refractivity contribution < 1.29 is 104 Å². The molecule has 3 saturated heterocycles. The van der Waals surface area contributed by atoms with Crippen molar-refractivity contribution in [2.75, 3.05) is 26.4 Å². The molecule has 23 heteroatoms. The first-order valence-electron chi connectivity index (χ1n) is 46.6. The average molecular weight is 1620 g/mol. The van der Waals surface area contributed by atoms with Crippen molar-refractivity contribution in [1.29, 1.82) is 0 Å². The SMILES string of the molecule is CCCCCCCCCCCCCCCCCCCC/C=C/C(O)C(COC1OC(CO)C(OC2OC(CO)C(O)C(OC3(C(=O)O)CC(O)C(NC(C)=O)C(C(O)C(O)CO)O3)C2O)C(O)C1O)NC(=O)CCCCCCCCCCCCCCCCCCCCCCCCCCCCCCCCCCCCCCCCC. The van der Waals surface area contributed by atoms with E-state index in [4.69, 9.17) is 28.4 Å². The molecule has 14 N–H and O–H groups in total. The van der Waals surface area contributed by atoms with Gasteiger partial charge in [0.1, 0.15) is 67.1 Å². The Morgan fingerprint density at radius 1 is 0.460 bits per heavy atom. The van der Waals surface area contributed by atoms with Crippen molar-refractivity contribution in [2.24, 2.45) is 0 Å². The highest BCUT2D eigenvalue weighted by Crippen LogP contribution is 2.39. The molecular weight excluding hydrogens is 1440 g/mol. The van der Waals surface area contributed by atoms with Crippen LogP contribution in [0.5, 0.6) is 0 Å². The Balaban J connectivity index is 1.39. The Kier molecular flexibility index (Phi) is 63.1. The van der Waals surface area contributed by atoms with E-state index >= 15 is 0 Å². The summed E-state index contributed by atoms with van der Waals surface area (Å²) in [5, 5.41) is 137. The summed E-state index contributed by atoms with van der Waals surface area (Å²) in [6.45, 7) is 2.22. The molecule has 0 saturated carbocycles. The average Bonchev–Trinajstić information content (AvgIpc) is 0.755. The minimum Gasteiger partial charge on any atom is -0.477 e. The van der Waals surface area contributed by atoms with Gasteiger partial charge in [-0.2, -0.15) is 0 Å². The lowest BCUT2D eigenvalue weighted by molar-refractivity contribution is -0.386. The second-order valence-electron chi connectivity index (χ2n) is 33.9. The van der Waals surface area contributed by atoms with E-state index in [9.17, 15) is 75.7 Å². The molecule has 3 rings (SSSR count). The normalized spacial score (nSPS) is 25.2. The number of carboxylic acids is 1. The van der Waals surface area contributed by atoms with E-state index in [0.29, 0.717) is 12.8 Å². The molecule has 666 valence electrons. The molecule has 18 unspecified atom stereocenters. The Morgan fingerprint density at radius 2 is 0.823 bits per heavy atom. The standard InChI is InChI=1S/C90H170N2O21/c1-4-6-8-10-12-14-16-18-20-22-24-26-27-28-29-30-31-32-33-34-35-36-37-38-39-40-41-42-43-44-46-48-50-52-54-56-58-60-62-64-77(100)92-71(72(97)63-61-59-57-55-53-51-49-47-45-25-23-21-19-17-15-13-11-9-7-5-2)69-108-87-82(104)81(103)84(76(68-95)110-87)111-88-83(105)86(80(102)75(67-94)109-88)113-90(89(106)107)65-73(98)78(91-70(3)96)85(112-90)79(101)74(99)66-93/h61,63,71-76,78-88,93-95,97-99,101-105H,4-60,62,64-69H2,1-3H3,(H,91,96)(H,92,100)(H,106,107)/b63-61+. The third-order valence-electron chi connectivity index (χ3n) is 23.7. The van der Waals surface area contributed by atoms with Gasteiger partial charge in [-0.25, -0.2) is 4.79 Å². The second kappa shape index (κ2) is 68.2. The lowest BCUT2D eigenvalue weighted by atomic mass is 9.88. The molecule has 0 aromatic rings. The van der Waals surface area contributed by atoms with Crippen LogP contribution in [0.2, 0.25) is 0 Å². The van der Waals surface area contributed by atoms with Crippen LogP contribution in [0.4, 0.5) is 0 Å². The number of carboxylic acid groups (broad SMARTS) is 1. The second-order valence-corrected chi connectivity index (χ2v) is 33.9. The lowest BCUT2D eigenvalue weighted by Gasteiger charge is -2.50. The number of aliphatic carboxylic acids is 1. The molecule has 23 nitrogen and oxygen atoms in total. The molecule has 3 fully saturated rings. The Bertz CT molecular complexity index is 2280. The summed E-state index contributed by atoms with van der Waals surface area (Å²) in [6, 6.07) is -2.62. The first kappa shape index (κ1) is 105. The van der Waals surface area contributed by atoms with Gasteiger partial charge in [0, 0.05) is 19.8 Å². The van der Waals surface area contributed by atoms with E-state index < -0.39 is 155 Å². The zero-order valence-electron chi connectivity index (χ0n) is 71.3. The topological polar surface area (TPSA) is 373 Å². The summed E-state index contributed by atoms with van der Waals surface area (Å²) < 4.78 is 35.0. The van der Waals surface area contributed by atoms with Gasteiger partial charge in [0.15, 0.2) is 12.6 Å². The molecule has 3 heterocycles. The molecule has 3 aliphatic heterocycles. The zero-order chi connectivity index (χ0) is 82.4. The monoisotopic (exact) mass is 1620 g/mol. The summed E-state index contributed by atoms with van der Waals surface area (Å²) in [4.78, 5) is 38.8. The highest BCUT2D eigenvalue weighted by atomic mass is 16.8. The summed E-state index contributed by atoms with van der Waals surface area (Å²) in [6.07, 6.45) is 50.0. The van der Waals surface area contributed by atoms with Crippen molar-refractivity contribution >= 4 is 17.8 Å². The lowest BCUT2D eigenvalue weighted by Crippen LogP contribution is -2.70. The minimum atomic E-state index is -3.08. The van der Waals surface area contributed by atoms with Gasteiger partial charge in [0.2, 0.25) is 11.8 Å². The Morgan fingerprint density at radius 3 is 1.18 bits per heavy atom. The number of amides is 2. The fraction of sp³-hybridized carbons (Fsp3) is 0.944. The summed E-state index contributed by atoms with van der Waals surface area (Å²) in [5.41, 5.74) is 0. The van der Waals surface area contributed by atoms with E-state index in [1.165, 1.54) is 315 Å². The quantitative estimate of drug-likeness (QED) is 0.0199. The number of carbonyl (C=O) groups excluding carboxylic acids is 2. The third-order valence-corrected chi connectivity index (χ3v) is 23.7. The highest BCUT2D eigenvalue weighted by Gasteiger charge is 2.60. The molecule has 0 aromatic heterocycles. The van der Waals surface area contributed by atoms with Gasteiger partial charge < -0.3 is 100 Å². The molecule has 0 radical (unpaired) electrons. The van der Waals surface area contributed by atoms with Crippen molar-refractivity contribution in [2.45, 2.75) is 516 Å². The van der Waals surface area contributed by atoms with Gasteiger partial charge in [-0.05, 0) is 19.3 Å². The predicted molar refractivity (Wildman–Crippen MR) is 445 cm³/mol. The summed E-state index contributed by atoms with van der Waals surface area (Å²) >= 11 is 0. The fourth-order valence-corrected chi connectivity index (χ4v) is 16.4. The maximum atomic E-state index is 13.6. The number of hydrogen-bond donors (Lipinski definition) is 14. The van der Waals surface area contributed by atoms with Crippen LogP contribution >= 0.6 is 0 Å². The number of aliphatic hydroxyl groups excluding tert-OH is 11. The van der Waals surface area contributed by atoms with Gasteiger partial charge in [-0.15, -0.1) is 0 Å². The fourth-order valence-electron chi connectivity index (χ4n) is 16.4. The van der Waals surface area contributed by atoms with Crippen LogP contribution in [0, 0.1) is 0 Å². The number of ether oxygens (including phenoxy) is 6. The molecule has 0 spiro atoms. The molecule has 2 amide bonds. The van der Waals surface area contributed by atoms with Crippen molar-refractivity contribution in [3.05, 3.63) is 12.2 Å². The number of carbonyl (C=O) groups is 3. The van der Waals surface area contributed by atoms with E-state index in [-0.39, 0.29) is 12.3 Å². The summed E-state index contributed by atoms with van der Waals surface area (Å²) in [5.74, 6) is -6.13. The van der Waals surface area contributed by atoms with E-state index in [1.807, 2.05) is 6.08 Å². The Labute approximate surface area is 683 Å². The van der Waals surface area contributed by atoms with Crippen molar-refractivity contribution in [3.8, 4) is 0 Å². The predicted octanol–water partition coefficient (Wildman–Crippen LogP) is 15.3. The molecule has 18 atom stereocenters. The first-order valence-corrected chi connectivity index (χ1v) is 46.6. The number of allylic oxidation sites excluding steroid dienone is 1. The van der Waals surface area contributed by atoms with Crippen LogP contribution in [0.3, 0.4) is 0 Å². The maximum Gasteiger partial charge on any atom is 0.364 e. The number of unbranched alkanes of at least 4 members (excludes halogenated alkanes) is 56. The molecule has 113 heavy (non-hydrogen) atoms. The van der Waals surface area contributed by atoms with E-state index in [2.05, 4.69) is 24.5 Å². The van der Waals surface area contributed by atoms with E-state index in [1.54, 1.807) is 6.08 Å². The first-order chi connectivity index (χ1) is 54.9. The number of nitrogens with one attached hydrogen (secondary N) is 2. The summed E-state index contributed by atoms with van der Waals surface area (Å²) in [7, 11) is 0.